The number of nitrogens with zero attached hydrogens (tertiary/aromatic N) is 2. The number of carbonyl (C=O) groups is 1. The minimum absolute atomic E-state index is 0.0446. The van der Waals surface area contributed by atoms with E-state index >= 15 is 0 Å². The molecule has 2 saturated carbocycles. The van der Waals surface area contributed by atoms with Gasteiger partial charge in [-0.05, 0) is 38.4 Å². The average Bonchev–Trinajstić information content (AvgIpc) is 3.00. The Balaban J connectivity index is 1.92. The van der Waals surface area contributed by atoms with Crippen molar-refractivity contribution in [3.05, 3.63) is 0 Å². The molecule has 0 spiro atoms. The first-order valence-electron chi connectivity index (χ1n) is 8.89. The largest absolute Gasteiger partial charge is 0.354 e. The number of hydrogen-bond donors (Lipinski definition) is 2. The first-order valence-corrected chi connectivity index (χ1v) is 10.2. The van der Waals surface area contributed by atoms with Gasteiger partial charge in [0.15, 0.2) is 5.96 Å². The fraction of sp³-hybridized carbons (Fsp3) is 0.882. The van der Waals surface area contributed by atoms with E-state index < -0.39 is 0 Å². The molecule has 2 fully saturated rings. The van der Waals surface area contributed by atoms with Crippen LogP contribution in [0.1, 0.15) is 51.4 Å². The Morgan fingerprint density at radius 1 is 1.09 bits per heavy atom. The second kappa shape index (κ2) is 9.40. The van der Waals surface area contributed by atoms with E-state index in [2.05, 4.69) is 21.9 Å². The zero-order valence-electron chi connectivity index (χ0n) is 14.8. The van der Waals surface area contributed by atoms with Crippen LogP contribution in [0, 0.1) is 0 Å². The highest BCUT2D eigenvalue weighted by Crippen LogP contribution is 2.28. The van der Waals surface area contributed by atoms with E-state index in [-0.39, 0.29) is 12.5 Å². The monoisotopic (exact) mass is 340 g/mol. The van der Waals surface area contributed by atoms with Crippen LogP contribution >= 0.6 is 11.8 Å². The number of thioether (sulfide) groups is 1. The van der Waals surface area contributed by atoms with Crippen LogP contribution in [-0.2, 0) is 4.79 Å². The number of amides is 1. The van der Waals surface area contributed by atoms with Crippen molar-refractivity contribution in [3.63, 3.8) is 0 Å². The summed E-state index contributed by atoms with van der Waals surface area (Å²) in [5.74, 6) is 0.877. The fourth-order valence-electron chi connectivity index (χ4n) is 3.34. The summed E-state index contributed by atoms with van der Waals surface area (Å²) in [6, 6.07) is 0.985. The quantitative estimate of drug-likeness (QED) is 0.595. The number of nitrogens with one attached hydrogen (secondary N) is 2. The molecule has 2 aliphatic rings. The molecular formula is C17H32N4OS. The van der Waals surface area contributed by atoms with Crippen molar-refractivity contribution >= 4 is 23.6 Å². The van der Waals surface area contributed by atoms with Crippen molar-refractivity contribution in [2.45, 2.75) is 68.7 Å². The molecule has 2 rings (SSSR count). The maximum absolute atomic E-state index is 11.8. The summed E-state index contributed by atoms with van der Waals surface area (Å²) >= 11 is 1.96. The Morgan fingerprint density at radius 3 is 2.39 bits per heavy atom. The molecule has 6 heteroatoms. The summed E-state index contributed by atoms with van der Waals surface area (Å²) in [7, 11) is 3.55. The van der Waals surface area contributed by atoms with Gasteiger partial charge in [-0.15, -0.1) is 0 Å². The highest BCUT2D eigenvalue weighted by molar-refractivity contribution is 7.99. The lowest BCUT2D eigenvalue weighted by molar-refractivity contribution is -0.127. The lowest BCUT2D eigenvalue weighted by Gasteiger charge is -2.26. The van der Waals surface area contributed by atoms with Gasteiger partial charge in [-0.1, -0.05) is 19.3 Å². The molecular weight excluding hydrogens is 308 g/mol. The normalized spacial score (nSPS) is 26.1. The molecule has 2 N–H and O–H groups in total. The fourth-order valence-corrected chi connectivity index (χ4v) is 4.14. The minimum Gasteiger partial charge on any atom is -0.354 e. The average molecular weight is 341 g/mol. The van der Waals surface area contributed by atoms with E-state index in [0.29, 0.717) is 12.1 Å². The van der Waals surface area contributed by atoms with Crippen LogP contribution in [0.4, 0.5) is 0 Å². The summed E-state index contributed by atoms with van der Waals surface area (Å²) in [5.41, 5.74) is 0. The smallest absolute Gasteiger partial charge is 0.243 e. The third-order valence-corrected chi connectivity index (χ3v) is 5.97. The molecule has 0 aromatic heterocycles. The molecule has 2 atom stereocenters. The Hall–Kier alpha value is -0.910. The van der Waals surface area contributed by atoms with Crippen molar-refractivity contribution in [2.24, 2.45) is 4.99 Å². The third kappa shape index (κ3) is 6.24. The van der Waals surface area contributed by atoms with Gasteiger partial charge in [-0.25, -0.2) is 4.99 Å². The predicted octanol–water partition coefficient (Wildman–Crippen LogP) is 2.23. The first kappa shape index (κ1) is 18.4. The number of carbonyl (C=O) groups excluding carboxylic acids is 1. The highest BCUT2D eigenvalue weighted by atomic mass is 32.2. The van der Waals surface area contributed by atoms with Crippen LogP contribution in [0.25, 0.3) is 0 Å². The predicted molar refractivity (Wildman–Crippen MR) is 99.1 cm³/mol. The zero-order chi connectivity index (χ0) is 16.7. The van der Waals surface area contributed by atoms with Crippen molar-refractivity contribution in [1.82, 2.24) is 15.5 Å². The van der Waals surface area contributed by atoms with Crippen molar-refractivity contribution in [1.29, 1.82) is 0 Å². The van der Waals surface area contributed by atoms with Crippen LogP contribution in [0.3, 0.4) is 0 Å². The molecule has 0 aromatic rings. The number of guanidine groups is 1. The van der Waals surface area contributed by atoms with E-state index in [1.807, 2.05) is 11.8 Å². The van der Waals surface area contributed by atoms with Gasteiger partial charge in [0.2, 0.25) is 5.91 Å². The van der Waals surface area contributed by atoms with Gasteiger partial charge in [-0.3, -0.25) is 4.79 Å². The van der Waals surface area contributed by atoms with Gasteiger partial charge in [-0.2, -0.15) is 11.8 Å². The van der Waals surface area contributed by atoms with Crippen LogP contribution in [0.2, 0.25) is 0 Å². The van der Waals surface area contributed by atoms with E-state index in [9.17, 15) is 4.79 Å². The third-order valence-electron chi connectivity index (χ3n) is 4.88. The summed E-state index contributed by atoms with van der Waals surface area (Å²) in [4.78, 5) is 18.0. The molecule has 2 aliphatic carbocycles. The van der Waals surface area contributed by atoms with E-state index in [1.165, 1.54) is 51.4 Å². The second-order valence-electron chi connectivity index (χ2n) is 6.94. The highest BCUT2D eigenvalue weighted by Gasteiger charge is 2.25. The summed E-state index contributed by atoms with van der Waals surface area (Å²) in [6.07, 6.45) is 12.2. The molecule has 0 aliphatic heterocycles. The summed E-state index contributed by atoms with van der Waals surface area (Å²) in [6.45, 7) is 0.216. The number of aliphatic imine (C=N–C) groups is 1. The van der Waals surface area contributed by atoms with E-state index in [0.717, 1.165) is 11.2 Å². The Kier molecular flexibility index (Phi) is 7.53. The van der Waals surface area contributed by atoms with Crippen LogP contribution in [0.5, 0.6) is 0 Å². The Morgan fingerprint density at radius 2 is 1.78 bits per heavy atom. The van der Waals surface area contributed by atoms with Crippen molar-refractivity contribution in [2.75, 3.05) is 26.9 Å². The minimum atomic E-state index is 0.0446. The molecule has 5 nitrogen and oxygen atoms in total. The van der Waals surface area contributed by atoms with Crippen LogP contribution in [0.15, 0.2) is 4.99 Å². The second-order valence-corrected chi connectivity index (χ2v) is 8.08. The van der Waals surface area contributed by atoms with E-state index in [1.54, 1.807) is 19.0 Å². The molecule has 1 amide bonds. The SMILES string of the molecule is CSC1CCC(NC(=NCC(=O)N(C)C)NC2CCCCC2)C1. The van der Waals surface area contributed by atoms with Crippen molar-refractivity contribution < 1.29 is 4.79 Å². The van der Waals surface area contributed by atoms with Crippen LogP contribution in [-0.4, -0.2) is 61.0 Å². The van der Waals surface area contributed by atoms with Gasteiger partial charge in [0.25, 0.3) is 0 Å². The molecule has 0 saturated heterocycles. The molecule has 0 bridgehead atoms. The Bertz CT molecular complexity index is 407. The molecule has 0 radical (unpaired) electrons. The summed E-state index contributed by atoms with van der Waals surface area (Å²) in [5, 5.41) is 7.90. The first-order chi connectivity index (χ1) is 11.1. The number of likely N-dealkylation sites (N-methyl/N-ethyl adjacent to an activating group) is 1. The maximum Gasteiger partial charge on any atom is 0.243 e. The Labute approximate surface area is 145 Å². The number of hydrogen-bond acceptors (Lipinski definition) is 3. The maximum atomic E-state index is 11.8. The molecule has 132 valence electrons. The number of rotatable bonds is 5. The van der Waals surface area contributed by atoms with Crippen molar-refractivity contribution in [3.8, 4) is 0 Å². The van der Waals surface area contributed by atoms with Gasteiger partial charge in [0.05, 0.1) is 0 Å². The van der Waals surface area contributed by atoms with Gasteiger partial charge in [0, 0.05) is 31.4 Å². The molecule has 0 aromatic carbocycles. The molecule has 2 unspecified atom stereocenters. The van der Waals surface area contributed by atoms with E-state index in [4.69, 9.17) is 0 Å². The summed E-state index contributed by atoms with van der Waals surface area (Å²) < 4.78 is 0. The van der Waals surface area contributed by atoms with Gasteiger partial charge < -0.3 is 15.5 Å². The molecule has 23 heavy (non-hydrogen) atoms. The lowest BCUT2D eigenvalue weighted by Crippen LogP contribution is -2.48. The van der Waals surface area contributed by atoms with Gasteiger partial charge >= 0.3 is 0 Å². The molecule has 0 heterocycles. The standard InChI is InChI=1S/C17H32N4OS/c1-21(2)16(22)12-18-17(19-13-7-5-4-6-8-13)20-14-9-10-15(11-14)23-3/h13-15H,4-12H2,1-3H3,(H2,18,19,20). The lowest BCUT2D eigenvalue weighted by atomic mass is 9.96. The van der Waals surface area contributed by atoms with Crippen LogP contribution < -0.4 is 10.6 Å². The topological polar surface area (TPSA) is 56.7 Å². The van der Waals surface area contributed by atoms with Gasteiger partial charge in [0.1, 0.15) is 6.54 Å². The zero-order valence-corrected chi connectivity index (χ0v) is 15.6.